The third-order valence-electron chi connectivity index (χ3n) is 7.49. The van der Waals surface area contributed by atoms with Gasteiger partial charge in [0.15, 0.2) is 0 Å². The van der Waals surface area contributed by atoms with Gasteiger partial charge in [-0.15, -0.1) is 0 Å². The number of aliphatic hydroxyl groups excluding tert-OH is 1. The molecule has 0 radical (unpaired) electrons. The highest BCUT2D eigenvalue weighted by atomic mass is 35.5. The molecule has 0 spiro atoms. The number of carbonyl (C=O) groups excluding carboxylic acids is 3. The molecule has 2 atom stereocenters. The molecule has 2 aliphatic heterocycles. The summed E-state index contributed by atoms with van der Waals surface area (Å²) in [6.45, 7) is 7.32. The Morgan fingerprint density at radius 2 is 1.59 bits per heavy atom. The number of rotatable bonds is 7. The van der Waals surface area contributed by atoms with Gasteiger partial charge in [0.2, 0.25) is 6.23 Å². The molecule has 2 unspecified atom stereocenters. The molecule has 49 heavy (non-hydrogen) atoms. The summed E-state index contributed by atoms with van der Waals surface area (Å²) in [5, 5.41) is 28.0. The monoisotopic (exact) mass is 708 g/mol. The van der Waals surface area contributed by atoms with Crippen LogP contribution in [0.25, 0.3) is 0 Å². The number of para-hydroxylation sites is 1. The predicted octanol–water partition coefficient (Wildman–Crippen LogP) is 6.30. The summed E-state index contributed by atoms with van der Waals surface area (Å²) in [5.41, 5.74) is 3.45. The highest BCUT2D eigenvalue weighted by Gasteiger charge is 2.40. The number of nitrogens with one attached hydrogen (secondary N) is 2. The van der Waals surface area contributed by atoms with Gasteiger partial charge in [-0.1, -0.05) is 73.4 Å². The van der Waals surface area contributed by atoms with E-state index in [-0.39, 0.29) is 34.9 Å². The van der Waals surface area contributed by atoms with Crippen LogP contribution in [0.15, 0.2) is 94.3 Å². The number of halogens is 2. The van der Waals surface area contributed by atoms with Crippen LogP contribution < -0.4 is 10.6 Å². The molecule has 0 saturated heterocycles. The van der Waals surface area contributed by atoms with Gasteiger partial charge in [-0.2, -0.15) is 0 Å². The first-order valence-electron chi connectivity index (χ1n) is 15.0. The summed E-state index contributed by atoms with van der Waals surface area (Å²) in [6.07, 6.45) is -1.50. The number of hydrogen-bond acceptors (Lipinski definition) is 10. The quantitative estimate of drug-likeness (QED) is 0.145. The van der Waals surface area contributed by atoms with E-state index in [0.29, 0.717) is 44.0 Å². The van der Waals surface area contributed by atoms with E-state index in [1.165, 1.54) is 25.3 Å². The molecule has 0 bridgehead atoms. The number of allylic oxidation sites excluding steroid dienone is 2. The lowest BCUT2D eigenvalue weighted by molar-refractivity contribution is -0.385. The van der Waals surface area contributed by atoms with Crippen molar-refractivity contribution < 1.29 is 33.9 Å². The van der Waals surface area contributed by atoms with Crippen molar-refractivity contribution in [3.8, 4) is 0 Å². The van der Waals surface area contributed by atoms with Crippen molar-refractivity contribution in [1.82, 2.24) is 5.32 Å². The number of nitro benzene ring substituents is 1. The first kappa shape index (κ1) is 36.8. The van der Waals surface area contributed by atoms with E-state index < -0.39 is 34.9 Å². The molecule has 0 aliphatic carbocycles. The molecule has 3 aromatic rings. The Balaban J connectivity index is 0.000000229. The third-order valence-corrected chi connectivity index (χ3v) is 8.05. The number of methoxy groups -OCH3 is 1. The molecule has 12 nitrogen and oxygen atoms in total. The topological polar surface area (TPSA) is 169 Å². The molecule has 2 aliphatic rings. The largest absolute Gasteiger partial charge is 0.466 e. The zero-order chi connectivity index (χ0) is 36.0. The van der Waals surface area contributed by atoms with Gasteiger partial charge in [0.05, 0.1) is 47.1 Å². The Morgan fingerprint density at radius 1 is 0.959 bits per heavy atom. The number of anilines is 1. The number of nitrogens with zero attached hydrogens (tertiary/aromatic N) is 2. The van der Waals surface area contributed by atoms with Crippen molar-refractivity contribution in [2.75, 3.05) is 19.0 Å². The molecule has 0 saturated carbocycles. The number of amides is 1. The van der Waals surface area contributed by atoms with Crippen LogP contribution in [0.2, 0.25) is 10.0 Å². The fraction of sp³-hybridized carbons (Fsp3) is 0.257. The van der Waals surface area contributed by atoms with Crippen molar-refractivity contribution in [3.05, 3.63) is 126 Å². The molecular weight excluding hydrogens is 675 g/mol. The maximum Gasteiger partial charge on any atom is 0.336 e. The molecule has 2 heterocycles. The highest BCUT2D eigenvalue weighted by molar-refractivity contribution is 6.37. The number of carbonyl (C=O) groups is 3. The van der Waals surface area contributed by atoms with Crippen molar-refractivity contribution in [1.29, 1.82) is 0 Å². The Labute approximate surface area is 292 Å². The van der Waals surface area contributed by atoms with Gasteiger partial charge in [0.25, 0.3) is 11.6 Å². The second-order valence-electron chi connectivity index (χ2n) is 11.4. The standard InChI is InChI=1S/C20H24N2O6.C15H10Cl2N2O2/c1-11(2)10-28-20(24)17-13(4)21-12(3)16(19(23)27-5)18(17)14-8-6-7-9-15(14)22(25)26;16-8-5-6-12-10(7-8)13(19-15(21)14(20)18-12)9-3-1-2-4-11(9)17/h6-9,11,18,21H,10H2,1-5H3;1-7,15,21H,(H,18,20). The fourth-order valence-electron chi connectivity index (χ4n) is 5.31. The molecular formula is C35H34Cl2N4O8. The lowest BCUT2D eigenvalue weighted by Gasteiger charge is -2.30. The number of ether oxygens (including phenoxy) is 2. The summed E-state index contributed by atoms with van der Waals surface area (Å²) in [4.78, 5) is 52.3. The van der Waals surface area contributed by atoms with Crippen LogP contribution in [0, 0.1) is 16.0 Å². The zero-order valence-electron chi connectivity index (χ0n) is 27.2. The first-order valence-corrected chi connectivity index (χ1v) is 15.8. The van der Waals surface area contributed by atoms with Crippen LogP contribution in [-0.2, 0) is 23.9 Å². The van der Waals surface area contributed by atoms with E-state index in [2.05, 4.69) is 15.6 Å². The third kappa shape index (κ3) is 8.34. The number of esters is 2. The normalized spacial score (nSPS) is 17.1. The Morgan fingerprint density at radius 3 is 2.22 bits per heavy atom. The number of benzene rings is 3. The summed E-state index contributed by atoms with van der Waals surface area (Å²) in [5.74, 6) is -2.76. The molecule has 0 aromatic heterocycles. The minimum Gasteiger partial charge on any atom is -0.466 e. The maximum atomic E-state index is 12.9. The van der Waals surface area contributed by atoms with E-state index in [1.807, 2.05) is 13.8 Å². The number of aliphatic imine (C=N–C) groups is 1. The van der Waals surface area contributed by atoms with Crippen molar-refractivity contribution in [2.24, 2.45) is 10.9 Å². The van der Waals surface area contributed by atoms with Crippen LogP contribution in [0.4, 0.5) is 11.4 Å². The van der Waals surface area contributed by atoms with Crippen LogP contribution >= 0.6 is 23.2 Å². The fourth-order valence-corrected chi connectivity index (χ4v) is 5.71. The summed E-state index contributed by atoms with van der Waals surface area (Å²) in [7, 11) is 1.22. The predicted molar refractivity (Wildman–Crippen MR) is 185 cm³/mol. The van der Waals surface area contributed by atoms with Crippen LogP contribution in [0.1, 0.15) is 50.3 Å². The lowest BCUT2D eigenvalue weighted by Crippen LogP contribution is -2.32. The minimum atomic E-state index is -1.50. The van der Waals surface area contributed by atoms with E-state index >= 15 is 0 Å². The molecule has 3 aromatic carbocycles. The second-order valence-corrected chi connectivity index (χ2v) is 12.3. The zero-order valence-corrected chi connectivity index (χ0v) is 28.8. The van der Waals surface area contributed by atoms with Gasteiger partial charge in [0.1, 0.15) is 0 Å². The average Bonchev–Trinajstić information content (AvgIpc) is 3.18. The molecule has 256 valence electrons. The molecule has 5 rings (SSSR count). The lowest BCUT2D eigenvalue weighted by atomic mass is 9.79. The van der Waals surface area contributed by atoms with Crippen LogP contribution in [0.5, 0.6) is 0 Å². The van der Waals surface area contributed by atoms with Gasteiger partial charge in [-0.25, -0.2) is 14.6 Å². The van der Waals surface area contributed by atoms with Gasteiger partial charge < -0.3 is 25.2 Å². The van der Waals surface area contributed by atoms with Crippen molar-refractivity contribution >= 4 is 58.1 Å². The number of dihydropyridines is 1. The van der Waals surface area contributed by atoms with Crippen LogP contribution in [0.3, 0.4) is 0 Å². The average molecular weight is 710 g/mol. The van der Waals surface area contributed by atoms with E-state index in [4.69, 9.17) is 32.7 Å². The van der Waals surface area contributed by atoms with Gasteiger partial charge >= 0.3 is 11.9 Å². The summed E-state index contributed by atoms with van der Waals surface area (Å²) < 4.78 is 10.3. The molecule has 0 fully saturated rings. The molecule has 1 amide bonds. The Kier molecular flexibility index (Phi) is 11.9. The van der Waals surface area contributed by atoms with Gasteiger partial charge in [-0.3, -0.25) is 14.9 Å². The van der Waals surface area contributed by atoms with Crippen molar-refractivity contribution in [2.45, 2.75) is 39.8 Å². The highest BCUT2D eigenvalue weighted by Crippen LogP contribution is 2.42. The number of aliphatic hydroxyl groups is 1. The Hall–Kier alpha value is -5.04. The van der Waals surface area contributed by atoms with E-state index in [0.717, 1.165) is 0 Å². The van der Waals surface area contributed by atoms with Gasteiger partial charge in [-0.05, 0) is 44.0 Å². The number of hydrogen-bond donors (Lipinski definition) is 3. The Bertz CT molecular complexity index is 1900. The SMILES string of the molecule is COC(=O)C1=C(C)NC(C)=C(C(=O)OCC(C)C)C1c1ccccc1[N+](=O)[O-].O=C1Nc2ccc(Cl)cc2C(c2ccccc2Cl)=NC1O. The smallest absolute Gasteiger partial charge is 0.336 e. The van der Waals surface area contributed by atoms with Crippen LogP contribution in [-0.4, -0.2) is 53.5 Å². The summed E-state index contributed by atoms with van der Waals surface area (Å²) in [6, 6.07) is 18.1. The first-order chi connectivity index (χ1) is 23.2. The van der Waals surface area contributed by atoms with Gasteiger partial charge in [0, 0.05) is 44.2 Å². The molecule has 3 N–H and O–H groups in total. The number of benzodiazepines with no additional fused rings is 1. The van der Waals surface area contributed by atoms with Crippen molar-refractivity contribution in [3.63, 3.8) is 0 Å². The number of fused-ring (bicyclic) bond motifs is 1. The summed E-state index contributed by atoms with van der Waals surface area (Å²) >= 11 is 12.2. The van der Waals surface area contributed by atoms with E-state index in [9.17, 15) is 29.6 Å². The van der Waals surface area contributed by atoms with E-state index in [1.54, 1.807) is 62.4 Å². The number of nitro groups is 1. The second kappa shape index (κ2) is 15.9. The maximum absolute atomic E-state index is 12.9. The molecule has 14 heteroatoms. The minimum absolute atomic E-state index is 0.114.